The first kappa shape index (κ1) is 16.8. The van der Waals surface area contributed by atoms with Crippen molar-refractivity contribution in [1.82, 2.24) is 4.98 Å². The van der Waals surface area contributed by atoms with Gasteiger partial charge in [0.2, 0.25) is 0 Å². The topological polar surface area (TPSA) is 115 Å². The average Bonchev–Trinajstić information content (AvgIpc) is 2.85. The molecular weight excluding hydrogens is 328 g/mol. The van der Waals surface area contributed by atoms with Crippen LogP contribution in [0.4, 0.5) is 11.5 Å². The van der Waals surface area contributed by atoms with Crippen molar-refractivity contribution in [3.8, 4) is 5.75 Å². The summed E-state index contributed by atoms with van der Waals surface area (Å²) < 4.78 is 5.71. The van der Waals surface area contributed by atoms with E-state index in [0.29, 0.717) is 22.6 Å². The van der Waals surface area contributed by atoms with E-state index in [1.165, 1.54) is 0 Å². The van der Waals surface area contributed by atoms with Gasteiger partial charge in [-0.2, -0.15) is 0 Å². The van der Waals surface area contributed by atoms with Gasteiger partial charge < -0.3 is 26.2 Å². The molecule has 1 aliphatic rings. The number of aromatic nitrogens is 1. The molecule has 1 aliphatic heterocycles. The minimum absolute atomic E-state index is 0.101. The number of hydrogen-bond acceptors (Lipinski definition) is 7. The van der Waals surface area contributed by atoms with E-state index in [1.54, 1.807) is 0 Å². The van der Waals surface area contributed by atoms with E-state index in [4.69, 9.17) is 16.2 Å². The molecule has 0 bridgehead atoms. The Morgan fingerprint density at radius 1 is 1.50 bits per heavy atom. The number of carbonyl (C=O) groups is 1. The second kappa shape index (κ2) is 6.10. The third-order valence-electron chi connectivity index (χ3n) is 4.37. The molecule has 0 spiro atoms. The number of nitrogens with two attached hydrogens (primary N) is 2. The molecule has 5 N–H and O–H groups in total. The zero-order chi connectivity index (χ0) is 17.5. The first-order valence-corrected chi connectivity index (χ1v) is 8.77. The minimum atomic E-state index is -1.05. The zero-order valence-corrected chi connectivity index (χ0v) is 14.7. The molecule has 0 aliphatic carbocycles. The Kier molecular flexibility index (Phi) is 4.27. The molecular formula is C16H22N4O3S. The second-order valence-corrected chi connectivity index (χ2v) is 7.38. The van der Waals surface area contributed by atoms with Gasteiger partial charge in [0.15, 0.2) is 0 Å². The summed E-state index contributed by atoms with van der Waals surface area (Å²) in [4.78, 5) is 18.8. The van der Waals surface area contributed by atoms with Crippen LogP contribution in [0.1, 0.15) is 36.4 Å². The molecule has 8 heteroatoms. The maximum absolute atomic E-state index is 11.4. The lowest BCUT2D eigenvalue weighted by Gasteiger charge is -2.37. The SMILES string of the molecule is CCOc1cc(N2CCC(C)(N)CC2)nc2sc(C(=O)O)c(N)c12. The number of piperidine rings is 1. The van der Waals surface area contributed by atoms with Crippen LogP contribution in [0.3, 0.4) is 0 Å². The van der Waals surface area contributed by atoms with E-state index in [1.807, 2.05) is 13.0 Å². The van der Waals surface area contributed by atoms with Gasteiger partial charge in [-0.05, 0) is 26.7 Å². The normalized spacial score (nSPS) is 17.2. The van der Waals surface area contributed by atoms with E-state index in [9.17, 15) is 9.90 Å². The van der Waals surface area contributed by atoms with Gasteiger partial charge in [0.1, 0.15) is 21.3 Å². The highest BCUT2D eigenvalue weighted by Crippen LogP contribution is 2.41. The zero-order valence-electron chi connectivity index (χ0n) is 13.8. The number of pyridine rings is 1. The lowest BCUT2D eigenvalue weighted by atomic mass is 9.91. The van der Waals surface area contributed by atoms with Crippen LogP contribution in [0, 0.1) is 0 Å². The summed E-state index contributed by atoms with van der Waals surface area (Å²) in [5, 5.41) is 9.89. The second-order valence-electron chi connectivity index (χ2n) is 6.38. The van der Waals surface area contributed by atoms with E-state index in [-0.39, 0.29) is 16.1 Å². The molecule has 3 rings (SSSR count). The standard InChI is InChI=1S/C16H22N4O3S/c1-3-23-9-8-10(20-6-4-16(2,18)5-7-20)19-14-11(9)12(17)13(24-14)15(21)22/h8H,3-7,17-18H2,1-2H3,(H,21,22). The average molecular weight is 350 g/mol. The molecule has 7 nitrogen and oxygen atoms in total. The number of aromatic carboxylic acids is 1. The number of carboxylic acids is 1. The largest absolute Gasteiger partial charge is 0.493 e. The monoisotopic (exact) mass is 350 g/mol. The minimum Gasteiger partial charge on any atom is -0.493 e. The van der Waals surface area contributed by atoms with Crippen LogP contribution in [0.15, 0.2) is 6.07 Å². The summed E-state index contributed by atoms with van der Waals surface area (Å²) in [6, 6.07) is 1.85. The van der Waals surface area contributed by atoms with Crippen LogP contribution < -0.4 is 21.1 Å². The molecule has 1 saturated heterocycles. The van der Waals surface area contributed by atoms with Gasteiger partial charge in [-0.15, -0.1) is 11.3 Å². The Hall–Kier alpha value is -2.06. The van der Waals surface area contributed by atoms with Gasteiger partial charge in [0.25, 0.3) is 0 Å². The van der Waals surface area contributed by atoms with Crippen molar-refractivity contribution < 1.29 is 14.6 Å². The maximum Gasteiger partial charge on any atom is 0.348 e. The number of rotatable bonds is 4. The van der Waals surface area contributed by atoms with Crippen molar-refractivity contribution in [3.63, 3.8) is 0 Å². The highest BCUT2D eigenvalue weighted by molar-refractivity contribution is 7.21. The van der Waals surface area contributed by atoms with Crippen LogP contribution in [-0.4, -0.2) is 41.3 Å². The number of nitrogens with zero attached hydrogens (tertiary/aromatic N) is 2. The van der Waals surface area contributed by atoms with E-state index in [0.717, 1.165) is 43.1 Å². The van der Waals surface area contributed by atoms with E-state index >= 15 is 0 Å². The van der Waals surface area contributed by atoms with Crippen LogP contribution in [0.2, 0.25) is 0 Å². The van der Waals surface area contributed by atoms with Crippen molar-refractivity contribution in [3.05, 3.63) is 10.9 Å². The lowest BCUT2D eigenvalue weighted by molar-refractivity contribution is 0.0703. The molecule has 0 saturated carbocycles. The molecule has 0 amide bonds. The molecule has 2 aromatic heterocycles. The summed E-state index contributed by atoms with van der Waals surface area (Å²) in [5.41, 5.74) is 12.3. The van der Waals surface area contributed by atoms with Gasteiger partial charge in [0.05, 0.1) is 17.7 Å². The molecule has 2 aromatic rings. The number of fused-ring (bicyclic) bond motifs is 1. The lowest BCUT2D eigenvalue weighted by Crippen LogP contribution is -2.48. The van der Waals surface area contributed by atoms with Crippen LogP contribution >= 0.6 is 11.3 Å². The Morgan fingerprint density at radius 3 is 2.75 bits per heavy atom. The number of anilines is 2. The summed E-state index contributed by atoms with van der Waals surface area (Å²) in [6.07, 6.45) is 1.76. The van der Waals surface area contributed by atoms with Gasteiger partial charge >= 0.3 is 5.97 Å². The third-order valence-corrected chi connectivity index (χ3v) is 5.46. The predicted molar refractivity (Wildman–Crippen MR) is 96.2 cm³/mol. The summed E-state index contributed by atoms with van der Waals surface area (Å²) in [7, 11) is 0. The van der Waals surface area contributed by atoms with E-state index in [2.05, 4.69) is 16.8 Å². The maximum atomic E-state index is 11.4. The Morgan fingerprint density at radius 2 is 2.17 bits per heavy atom. The molecule has 3 heterocycles. The molecule has 0 atom stereocenters. The van der Waals surface area contributed by atoms with Gasteiger partial charge in [-0.1, -0.05) is 0 Å². The van der Waals surface area contributed by atoms with Crippen LogP contribution in [0.25, 0.3) is 10.2 Å². The van der Waals surface area contributed by atoms with Crippen molar-refractivity contribution in [1.29, 1.82) is 0 Å². The Balaban J connectivity index is 2.05. The number of nitrogen functional groups attached to an aromatic ring is 1. The van der Waals surface area contributed by atoms with Gasteiger partial charge in [-0.25, -0.2) is 9.78 Å². The quantitative estimate of drug-likeness (QED) is 0.775. The summed E-state index contributed by atoms with van der Waals surface area (Å²) in [5.74, 6) is 0.316. The van der Waals surface area contributed by atoms with Crippen molar-refractivity contribution in [2.75, 3.05) is 30.3 Å². The number of thiophene rings is 1. The summed E-state index contributed by atoms with van der Waals surface area (Å²) >= 11 is 1.08. The molecule has 130 valence electrons. The molecule has 0 aromatic carbocycles. The van der Waals surface area contributed by atoms with Crippen molar-refractivity contribution in [2.45, 2.75) is 32.2 Å². The highest BCUT2D eigenvalue weighted by Gasteiger charge is 2.28. The van der Waals surface area contributed by atoms with Crippen LogP contribution in [-0.2, 0) is 0 Å². The molecule has 0 radical (unpaired) electrons. The third kappa shape index (κ3) is 2.99. The van der Waals surface area contributed by atoms with Crippen molar-refractivity contribution in [2.24, 2.45) is 5.73 Å². The fraction of sp³-hybridized carbons (Fsp3) is 0.500. The smallest absolute Gasteiger partial charge is 0.348 e. The molecule has 24 heavy (non-hydrogen) atoms. The van der Waals surface area contributed by atoms with Crippen molar-refractivity contribution >= 4 is 39.0 Å². The molecule has 0 unspecified atom stereocenters. The Labute approximate surface area is 144 Å². The fourth-order valence-electron chi connectivity index (χ4n) is 2.91. The van der Waals surface area contributed by atoms with Gasteiger partial charge in [-0.3, -0.25) is 0 Å². The first-order chi connectivity index (χ1) is 11.3. The number of hydrogen-bond donors (Lipinski definition) is 3. The first-order valence-electron chi connectivity index (χ1n) is 7.95. The van der Waals surface area contributed by atoms with Crippen LogP contribution in [0.5, 0.6) is 5.75 Å². The number of ether oxygens (including phenoxy) is 1. The Bertz CT molecular complexity index is 777. The fourth-order valence-corrected chi connectivity index (χ4v) is 3.86. The summed E-state index contributed by atoms with van der Waals surface area (Å²) in [6.45, 7) is 6.03. The van der Waals surface area contributed by atoms with E-state index < -0.39 is 5.97 Å². The predicted octanol–water partition coefficient (Wildman–Crippen LogP) is 2.29. The number of carboxylic acid groups (broad SMARTS) is 1. The van der Waals surface area contributed by atoms with Gasteiger partial charge in [0, 0.05) is 24.7 Å². The molecule has 1 fully saturated rings. The highest BCUT2D eigenvalue weighted by atomic mass is 32.1.